The Morgan fingerprint density at radius 2 is 1.75 bits per heavy atom. The minimum atomic E-state index is -0.411. The summed E-state index contributed by atoms with van der Waals surface area (Å²) < 4.78 is 0. The van der Waals surface area contributed by atoms with Crippen LogP contribution in [0.3, 0.4) is 0 Å². The molecule has 0 fully saturated rings. The van der Waals surface area contributed by atoms with Crippen LogP contribution in [-0.4, -0.2) is 30.4 Å². The predicted molar refractivity (Wildman–Crippen MR) is 50.8 cm³/mol. The molecule has 0 saturated heterocycles. The van der Waals surface area contributed by atoms with E-state index in [1.54, 1.807) is 0 Å². The second-order valence-corrected chi connectivity index (χ2v) is 3.71. The predicted octanol–water partition coefficient (Wildman–Crippen LogP) is 0.840. The number of hydrogen-bond acceptors (Lipinski definition) is 2. The highest BCUT2D eigenvalue weighted by Crippen LogP contribution is 2.15. The molecule has 1 amide bonds. The van der Waals surface area contributed by atoms with Crippen molar-refractivity contribution < 1.29 is 4.79 Å². The summed E-state index contributed by atoms with van der Waals surface area (Å²) in [6, 6.07) is 0. The number of nitrogens with zero attached hydrogens (tertiary/aromatic N) is 1. The maximum Gasteiger partial charge on any atom is 0.224 e. The summed E-state index contributed by atoms with van der Waals surface area (Å²) in [6.45, 7) is 10.6. The van der Waals surface area contributed by atoms with E-state index in [1.165, 1.54) is 0 Å². The fourth-order valence-electron chi connectivity index (χ4n) is 1.08. The Balaban J connectivity index is 4.12. The van der Waals surface area contributed by atoms with Crippen molar-refractivity contribution in [3.8, 4) is 0 Å². The van der Waals surface area contributed by atoms with Crippen molar-refractivity contribution >= 4 is 5.91 Å². The molecule has 0 aromatic rings. The minimum absolute atomic E-state index is 0.227. The quantitative estimate of drug-likeness (QED) is 0.668. The number of rotatable bonds is 5. The van der Waals surface area contributed by atoms with Gasteiger partial charge < -0.3 is 10.6 Å². The van der Waals surface area contributed by atoms with E-state index in [9.17, 15) is 4.79 Å². The first-order valence-corrected chi connectivity index (χ1v) is 4.46. The minimum Gasteiger partial charge on any atom is -0.369 e. The largest absolute Gasteiger partial charge is 0.369 e. The van der Waals surface area contributed by atoms with Gasteiger partial charge in [0.05, 0.1) is 5.41 Å². The Kier molecular flexibility index (Phi) is 4.24. The molecule has 0 atom stereocenters. The van der Waals surface area contributed by atoms with Crippen LogP contribution in [0.5, 0.6) is 0 Å². The van der Waals surface area contributed by atoms with Crippen LogP contribution in [0, 0.1) is 5.41 Å². The van der Waals surface area contributed by atoms with E-state index in [1.807, 2.05) is 13.8 Å². The van der Waals surface area contributed by atoms with Gasteiger partial charge in [-0.1, -0.05) is 13.8 Å². The molecular weight excluding hydrogens is 152 g/mol. The molecule has 0 heterocycles. The van der Waals surface area contributed by atoms with Crippen molar-refractivity contribution in [2.75, 3.05) is 19.6 Å². The third-order valence-electron chi connectivity index (χ3n) is 2.18. The highest BCUT2D eigenvalue weighted by molar-refractivity contribution is 5.80. The Bertz CT molecular complexity index is 151. The summed E-state index contributed by atoms with van der Waals surface area (Å²) in [7, 11) is 0. The molecule has 0 bridgehead atoms. The van der Waals surface area contributed by atoms with Gasteiger partial charge in [0, 0.05) is 6.54 Å². The molecule has 72 valence electrons. The smallest absolute Gasteiger partial charge is 0.224 e. The lowest BCUT2D eigenvalue weighted by Gasteiger charge is -2.28. The normalized spacial score (nSPS) is 12.1. The Labute approximate surface area is 74.9 Å². The van der Waals surface area contributed by atoms with Crippen molar-refractivity contribution in [1.82, 2.24) is 4.90 Å². The zero-order chi connectivity index (χ0) is 9.78. The molecule has 0 aliphatic heterocycles. The van der Waals surface area contributed by atoms with Crippen molar-refractivity contribution in [2.24, 2.45) is 11.1 Å². The van der Waals surface area contributed by atoms with Gasteiger partial charge in [0.2, 0.25) is 5.91 Å². The zero-order valence-electron chi connectivity index (χ0n) is 8.55. The summed E-state index contributed by atoms with van der Waals surface area (Å²) in [5.41, 5.74) is 4.85. The molecule has 3 nitrogen and oxygen atoms in total. The molecule has 0 saturated carbocycles. The summed E-state index contributed by atoms with van der Waals surface area (Å²) in [5, 5.41) is 0. The van der Waals surface area contributed by atoms with Gasteiger partial charge in [-0.3, -0.25) is 4.79 Å². The molecule has 3 heteroatoms. The Morgan fingerprint density at radius 3 is 2.00 bits per heavy atom. The SMILES string of the molecule is CCN(CC)CC(C)(C)C(N)=O. The van der Waals surface area contributed by atoms with Crippen LogP contribution < -0.4 is 5.73 Å². The standard InChI is InChI=1S/C9H20N2O/c1-5-11(6-2)7-9(3,4)8(10)12/h5-7H2,1-4H3,(H2,10,12). The highest BCUT2D eigenvalue weighted by atomic mass is 16.1. The van der Waals surface area contributed by atoms with Crippen LogP contribution in [0.25, 0.3) is 0 Å². The molecule has 0 aromatic heterocycles. The molecule has 0 aliphatic rings. The number of carbonyl (C=O) groups excluding carboxylic acids is 1. The second-order valence-electron chi connectivity index (χ2n) is 3.71. The van der Waals surface area contributed by atoms with Crippen molar-refractivity contribution in [3.63, 3.8) is 0 Å². The van der Waals surface area contributed by atoms with Gasteiger partial charge in [-0.15, -0.1) is 0 Å². The molecular formula is C9H20N2O. The average molecular weight is 172 g/mol. The van der Waals surface area contributed by atoms with Crippen molar-refractivity contribution in [3.05, 3.63) is 0 Å². The van der Waals surface area contributed by atoms with E-state index in [2.05, 4.69) is 18.7 Å². The Hall–Kier alpha value is -0.570. The molecule has 0 rings (SSSR count). The second kappa shape index (κ2) is 4.45. The highest BCUT2D eigenvalue weighted by Gasteiger charge is 2.26. The maximum atomic E-state index is 11.0. The lowest BCUT2D eigenvalue weighted by atomic mass is 9.92. The average Bonchev–Trinajstić information content (AvgIpc) is 2.00. The number of primary amides is 1. The van der Waals surface area contributed by atoms with E-state index >= 15 is 0 Å². The summed E-state index contributed by atoms with van der Waals surface area (Å²) >= 11 is 0. The van der Waals surface area contributed by atoms with Gasteiger partial charge in [0.25, 0.3) is 0 Å². The molecule has 0 unspecified atom stereocenters. The number of carbonyl (C=O) groups is 1. The molecule has 12 heavy (non-hydrogen) atoms. The topological polar surface area (TPSA) is 46.3 Å². The fourth-order valence-corrected chi connectivity index (χ4v) is 1.08. The van der Waals surface area contributed by atoms with Crippen LogP contribution in [-0.2, 0) is 4.79 Å². The summed E-state index contributed by atoms with van der Waals surface area (Å²) in [5.74, 6) is -0.227. The van der Waals surface area contributed by atoms with Crippen LogP contribution in [0.15, 0.2) is 0 Å². The molecule has 2 N–H and O–H groups in total. The number of hydrogen-bond donors (Lipinski definition) is 1. The van der Waals surface area contributed by atoms with E-state index in [4.69, 9.17) is 5.73 Å². The third-order valence-corrected chi connectivity index (χ3v) is 2.18. The van der Waals surface area contributed by atoms with Gasteiger partial charge >= 0.3 is 0 Å². The lowest BCUT2D eigenvalue weighted by molar-refractivity contribution is -0.126. The van der Waals surface area contributed by atoms with Crippen LogP contribution >= 0.6 is 0 Å². The van der Waals surface area contributed by atoms with Gasteiger partial charge in [-0.25, -0.2) is 0 Å². The zero-order valence-corrected chi connectivity index (χ0v) is 8.55. The van der Waals surface area contributed by atoms with E-state index in [0.717, 1.165) is 19.6 Å². The first kappa shape index (κ1) is 11.4. The van der Waals surface area contributed by atoms with E-state index < -0.39 is 5.41 Å². The lowest BCUT2D eigenvalue weighted by Crippen LogP contribution is -2.42. The van der Waals surface area contributed by atoms with E-state index in [-0.39, 0.29) is 5.91 Å². The molecule has 0 radical (unpaired) electrons. The van der Waals surface area contributed by atoms with E-state index in [0.29, 0.717) is 0 Å². The van der Waals surface area contributed by atoms with Crippen LogP contribution in [0.4, 0.5) is 0 Å². The van der Waals surface area contributed by atoms with Gasteiger partial charge in [0.15, 0.2) is 0 Å². The van der Waals surface area contributed by atoms with Gasteiger partial charge in [-0.2, -0.15) is 0 Å². The maximum absolute atomic E-state index is 11.0. The van der Waals surface area contributed by atoms with Crippen molar-refractivity contribution in [2.45, 2.75) is 27.7 Å². The first-order chi connectivity index (χ1) is 5.44. The third kappa shape index (κ3) is 3.22. The van der Waals surface area contributed by atoms with Gasteiger partial charge in [-0.05, 0) is 26.9 Å². The first-order valence-electron chi connectivity index (χ1n) is 4.46. The summed E-state index contributed by atoms with van der Waals surface area (Å²) in [6.07, 6.45) is 0. The number of amides is 1. The van der Waals surface area contributed by atoms with Gasteiger partial charge in [0.1, 0.15) is 0 Å². The Morgan fingerprint density at radius 1 is 1.33 bits per heavy atom. The van der Waals surface area contributed by atoms with Crippen LogP contribution in [0.2, 0.25) is 0 Å². The molecule has 0 aliphatic carbocycles. The molecule has 0 aromatic carbocycles. The van der Waals surface area contributed by atoms with Crippen molar-refractivity contribution in [1.29, 1.82) is 0 Å². The fraction of sp³-hybridized carbons (Fsp3) is 0.889. The number of nitrogens with two attached hydrogens (primary N) is 1. The van der Waals surface area contributed by atoms with Crippen LogP contribution in [0.1, 0.15) is 27.7 Å². The molecule has 0 spiro atoms. The summed E-state index contributed by atoms with van der Waals surface area (Å²) in [4.78, 5) is 13.2. The monoisotopic (exact) mass is 172 g/mol.